The molecule has 5 heteroatoms. The van der Waals surface area contributed by atoms with Gasteiger partial charge in [-0.3, -0.25) is 4.68 Å². The molecular weight excluding hydrogens is 269 g/mol. The fraction of sp³-hybridized carbons (Fsp3) is 0.438. The zero-order valence-electron chi connectivity index (χ0n) is 12.8. The third-order valence-corrected chi connectivity index (χ3v) is 3.16. The molecule has 1 aromatic heterocycles. The van der Waals surface area contributed by atoms with Crippen molar-refractivity contribution in [2.75, 3.05) is 13.7 Å². The molecule has 0 saturated carbocycles. The van der Waals surface area contributed by atoms with Gasteiger partial charge in [0, 0.05) is 23.9 Å². The molecule has 0 bridgehead atoms. The summed E-state index contributed by atoms with van der Waals surface area (Å²) in [7, 11) is 1.47. The van der Waals surface area contributed by atoms with Gasteiger partial charge in [0.1, 0.15) is 0 Å². The molecule has 0 aliphatic rings. The minimum atomic E-state index is -0.324. The van der Waals surface area contributed by atoms with Crippen molar-refractivity contribution in [3.63, 3.8) is 0 Å². The van der Waals surface area contributed by atoms with Crippen molar-refractivity contribution in [1.82, 2.24) is 15.1 Å². The molecule has 0 fully saturated rings. The van der Waals surface area contributed by atoms with Crippen molar-refractivity contribution in [3.8, 4) is 5.75 Å². The zero-order chi connectivity index (χ0) is 15.2. The number of ether oxygens (including phenoxy) is 1. The Hall–Kier alpha value is -1.88. The number of hydrogen-bond acceptors (Lipinski definition) is 3. The standard InChI is InChI=1S/C16H22FN3O/c1-12(2)7-18-8-13-9-19-20(10-13)11-14-5-4-6-15(21-3)16(14)17/h4-6,9-10,12,18H,7-8,11H2,1-3H3. The average Bonchev–Trinajstić information content (AvgIpc) is 2.88. The van der Waals surface area contributed by atoms with Crippen LogP contribution in [0.15, 0.2) is 30.6 Å². The molecule has 0 radical (unpaired) electrons. The van der Waals surface area contributed by atoms with E-state index in [1.165, 1.54) is 7.11 Å². The molecule has 0 atom stereocenters. The summed E-state index contributed by atoms with van der Waals surface area (Å²) in [6, 6.07) is 5.14. The lowest BCUT2D eigenvalue weighted by atomic mass is 10.2. The third-order valence-electron chi connectivity index (χ3n) is 3.16. The summed E-state index contributed by atoms with van der Waals surface area (Å²) < 4.78 is 20.8. The lowest BCUT2D eigenvalue weighted by molar-refractivity contribution is 0.383. The van der Waals surface area contributed by atoms with E-state index in [9.17, 15) is 4.39 Å². The lowest BCUT2D eigenvalue weighted by Gasteiger charge is -2.07. The topological polar surface area (TPSA) is 39.1 Å². The summed E-state index contributed by atoms with van der Waals surface area (Å²) in [6.45, 7) is 6.48. The predicted molar refractivity (Wildman–Crippen MR) is 80.8 cm³/mol. The molecule has 0 aliphatic heterocycles. The summed E-state index contributed by atoms with van der Waals surface area (Å²) in [4.78, 5) is 0. The minimum Gasteiger partial charge on any atom is -0.494 e. The molecule has 0 unspecified atom stereocenters. The molecule has 2 rings (SSSR count). The maximum Gasteiger partial charge on any atom is 0.170 e. The Morgan fingerprint density at radius 2 is 2.19 bits per heavy atom. The maximum absolute atomic E-state index is 14.1. The van der Waals surface area contributed by atoms with Gasteiger partial charge >= 0.3 is 0 Å². The highest BCUT2D eigenvalue weighted by Gasteiger charge is 2.09. The molecule has 2 aromatic rings. The van der Waals surface area contributed by atoms with Gasteiger partial charge in [-0.1, -0.05) is 26.0 Å². The average molecular weight is 291 g/mol. The van der Waals surface area contributed by atoms with E-state index in [1.807, 2.05) is 12.4 Å². The first kappa shape index (κ1) is 15.5. The Morgan fingerprint density at radius 1 is 1.38 bits per heavy atom. The highest BCUT2D eigenvalue weighted by Crippen LogP contribution is 2.20. The number of aromatic nitrogens is 2. The molecule has 114 valence electrons. The molecule has 1 aromatic carbocycles. The summed E-state index contributed by atoms with van der Waals surface area (Å²) in [5.41, 5.74) is 1.66. The first-order valence-corrected chi connectivity index (χ1v) is 7.13. The molecule has 1 heterocycles. The van der Waals surface area contributed by atoms with Gasteiger partial charge in [-0.05, 0) is 18.5 Å². The Kier molecular flexibility index (Phi) is 5.33. The molecule has 0 aliphatic carbocycles. The SMILES string of the molecule is COc1cccc(Cn2cc(CNCC(C)C)cn2)c1F. The number of rotatable bonds is 7. The van der Waals surface area contributed by atoms with Gasteiger partial charge in [-0.2, -0.15) is 5.10 Å². The van der Waals surface area contributed by atoms with Crippen LogP contribution in [-0.2, 0) is 13.1 Å². The summed E-state index contributed by atoms with van der Waals surface area (Å²) in [6.07, 6.45) is 3.75. The highest BCUT2D eigenvalue weighted by molar-refractivity contribution is 5.31. The van der Waals surface area contributed by atoms with E-state index >= 15 is 0 Å². The van der Waals surface area contributed by atoms with Crippen molar-refractivity contribution >= 4 is 0 Å². The van der Waals surface area contributed by atoms with Gasteiger partial charge in [-0.15, -0.1) is 0 Å². The highest BCUT2D eigenvalue weighted by atomic mass is 19.1. The van der Waals surface area contributed by atoms with Crippen molar-refractivity contribution in [1.29, 1.82) is 0 Å². The van der Waals surface area contributed by atoms with Gasteiger partial charge in [0.15, 0.2) is 11.6 Å². The van der Waals surface area contributed by atoms with Gasteiger partial charge in [0.2, 0.25) is 0 Å². The van der Waals surface area contributed by atoms with Gasteiger partial charge in [-0.25, -0.2) is 4.39 Å². The molecule has 4 nitrogen and oxygen atoms in total. The van der Waals surface area contributed by atoms with Crippen LogP contribution in [0.25, 0.3) is 0 Å². The second kappa shape index (κ2) is 7.22. The summed E-state index contributed by atoms with van der Waals surface area (Å²) >= 11 is 0. The van der Waals surface area contributed by atoms with Crippen molar-refractivity contribution in [2.45, 2.75) is 26.9 Å². The second-order valence-electron chi connectivity index (χ2n) is 5.50. The van der Waals surface area contributed by atoms with Crippen LogP contribution in [-0.4, -0.2) is 23.4 Å². The monoisotopic (exact) mass is 291 g/mol. The molecule has 1 N–H and O–H groups in total. The number of hydrogen-bond donors (Lipinski definition) is 1. The lowest BCUT2D eigenvalue weighted by Crippen LogP contribution is -2.18. The van der Waals surface area contributed by atoms with Crippen LogP contribution < -0.4 is 10.1 Å². The summed E-state index contributed by atoms with van der Waals surface area (Å²) in [5, 5.41) is 7.64. The van der Waals surface area contributed by atoms with Crippen LogP contribution in [0, 0.1) is 11.7 Å². The molecule has 0 amide bonds. The second-order valence-corrected chi connectivity index (χ2v) is 5.50. The molecule has 21 heavy (non-hydrogen) atoms. The van der Waals surface area contributed by atoms with Crippen LogP contribution in [0.4, 0.5) is 4.39 Å². The van der Waals surface area contributed by atoms with E-state index < -0.39 is 0 Å². The van der Waals surface area contributed by atoms with Gasteiger partial charge in [0.05, 0.1) is 19.9 Å². The van der Waals surface area contributed by atoms with Crippen LogP contribution in [0.3, 0.4) is 0 Å². The number of benzene rings is 1. The Labute approximate surface area is 124 Å². The fourth-order valence-corrected chi connectivity index (χ4v) is 2.10. The Morgan fingerprint density at radius 3 is 2.90 bits per heavy atom. The smallest absolute Gasteiger partial charge is 0.170 e. The van der Waals surface area contributed by atoms with E-state index in [0.29, 0.717) is 18.0 Å². The number of methoxy groups -OCH3 is 1. The largest absolute Gasteiger partial charge is 0.494 e. The minimum absolute atomic E-state index is 0.262. The van der Waals surface area contributed by atoms with Crippen LogP contribution >= 0.6 is 0 Å². The maximum atomic E-state index is 14.1. The van der Waals surface area contributed by atoms with Gasteiger partial charge in [0.25, 0.3) is 0 Å². The first-order valence-electron chi connectivity index (χ1n) is 7.13. The zero-order valence-corrected chi connectivity index (χ0v) is 12.8. The normalized spacial score (nSPS) is 11.1. The van der Waals surface area contributed by atoms with E-state index in [2.05, 4.69) is 24.3 Å². The Bertz CT molecular complexity index is 581. The predicted octanol–water partition coefficient (Wildman–Crippen LogP) is 2.82. The first-order chi connectivity index (χ1) is 10.1. The molecular formula is C16H22FN3O. The number of nitrogens with one attached hydrogen (secondary N) is 1. The third kappa shape index (κ3) is 4.29. The van der Waals surface area contributed by atoms with Gasteiger partial charge < -0.3 is 10.1 Å². The number of nitrogens with zero attached hydrogens (tertiary/aromatic N) is 2. The van der Waals surface area contributed by atoms with E-state index in [-0.39, 0.29) is 11.6 Å². The molecule has 0 saturated heterocycles. The van der Waals surface area contributed by atoms with E-state index in [4.69, 9.17) is 4.74 Å². The van der Waals surface area contributed by atoms with Crippen molar-refractivity contribution in [3.05, 3.63) is 47.5 Å². The quantitative estimate of drug-likeness (QED) is 0.852. The van der Waals surface area contributed by atoms with E-state index in [0.717, 1.165) is 18.7 Å². The van der Waals surface area contributed by atoms with Crippen molar-refractivity contribution < 1.29 is 9.13 Å². The van der Waals surface area contributed by atoms with E-state index in [1.54, 1.807) is 22.9 Å². The van der Waals surface area contributed by atoms with Crippen molar-refractivity contribution in [2.24, 2.45) is 5.92 Å². The van der Waals surface area contributed by atoms with Crippen LogP contribution in [0.5, 0.6) is 5.75 Å². The molecule has 0 spiro atoms. The fourth-order valence-electron chi connectivity index (χ4n) is 2.10. The van der Waals surface area contributed by atoms with Crippen LogP contribution in [0.2, 0.25) is 0 Å². The Balaban J connectivity index is 1.99. The number of halogens is 1. The van der Waals surface area contributed by atoms with Crippen LogP contribution in [0.1, 0.15) is 25.0 Å². The summed E-state index contributed by atoms with van der Waals surface area (Å²) in [5.74, 6) is 0.555.